The first kappa shape index (κ1) is 25.1. The van der Waals surface area contributed by atoms with Crippen molar-refractivity contribution in [2.45, 2.75) is 37.4 Å². The Morgan fingerprint density at radius 3 is 2.34 bits per heavy atom. The van der Waals surface area contributed by atoms with Crippen LogP contribution < -0.4 is 10.1 Å². The highest BCUT2D eigenvalue weighted by atomic mass is 32.2. The standard InChI is InChI=1S/C23H35N3O4S2/c1-23(2,3)30-22(28)26-13-11-25(12-14-26)10-9-24-20(27)17-29-19-7-5-18(6-8-19)21-31-15-4-16-32-21/h5-8,21H,4,9-17H2,1-3H3,(H,24,27). The van der Waals surface area contributed by atoms with Gasteiger partial charge in [-0.05, 0) is 56.4 Å². The molecule has 1 aromatic carbocycles. The number of thioether (sulfide) groups is 2. The van der Waals surface area contributed by atoms with Gasteiger partial charge in [0.2, 0.25) is 0 Å². The maximum Gasteiger partial charge on any atom is 0.410 e. The molecule has 2 aliphatic rings. The predicted octanol–water partition coefficient (Wildman–Crippen LogP) is 3.60. The number of hydrogen-bond donors (Lipinski definition) is 1. The van der Waals surface area contributed by atoms with E-state index in [-0.39, 0.29) is 18.6 Å². The fourth-order valence-corrected chi connectivity index (χ4v) is 6.33. The first-order valence-corrected chi connectivity index (χ1v) is 13.3. The van der Waals surface area contributed by atoms with Crippen LogP contribution in [0, 0.1) is 0 Å². The Labute approximate surface area is 199 Å². The molecule has 1 aromatic rings. The van der Waals surface area contributed by atoms with Crippen molar-refractivity contribution >= 4 is 35.5 Å². The van der Waals surface area contributed by atoms with Crippen LogP contribution in [-0.2, 0) is 9.53 Å². The normalized spacial score (nSPS) is 18.3. The van der Waals surface area contributed by atoms with E-state index < -0.39 is 5.60 Å². The average molecular weight is 482 g/mol. The zero-order valence-electron chi connectivity index (χ0n) is 19.3. The number of nitrogens with zero attached hydrogens (tertiary/aromatic N) is 2. The summed E-state index contributed by atoms with van der Waals surface area (Å²) in [5.41, 5.74) is 0.833. The third kappa shape index (κ3) is 8.41. The average Bonchev–Trinajstić information content (AvgIpc) is 2.78. The SMILES string of the molecule is CC(C)(C)OC(=O)N1CCN(CCNC(=O)COc2ccc(C3SCCCS3)cc2)CC1. The molecule has 0 unspecified atom stereocenters. The Bertz CT molecular complexity index is 741. The van der Waals surface area contributed by atoms with Crippen LogP contribution >= 0.6 is 23.5 Å². The molecule has 32 heavy (non-hydrogen) atoms. The molecule has 0 atom stereocenters. The maximum absolute atomic E-state index is 12.1. The first-order valence-electron chi connectivity index (χ1n) is 11.2. The van der Waals surface area contributed by atoms with E-state index in [1.807, 2.05) is 56.4 Å². The summed E-state index contributed by atoms with van der Waals surface area (Å²) in [6.45, 7) is 9.77. The summed E-state index contributed by atoms with van der Waals surface area (Å²) in [4.78, 5) is 28.2. The van der Waals surface area contributed by atoms with E-state index >= 15 is 0 Å². The molecule has 2 fully saturated rings. The molecule has 0 saturated carbocycles. The highest BCUT2D eigenvalue weighted by molar-refractivity contribution is 8.16. The molecule has 0 aliphatic carbocycles. The van der Waals surface area contributed by atoms with Crippen molar-refractivity contribution in [3.05, 3.63) is 29.8 Å². The van der Waals surface area contributed by atoms with Gasteiger partial charge in [-0.2, -0.15) is 0 Å². The van der Waals surface area contributed by atoms with E-state index in [9.17, 15) is 9.59 Å². The molecule has 7 nitrogen and oxygen atoms in total. The molecule has 9 heteroatoms. The van der Waals surface area contributed by atoms with Gasteiger partial charge in [0.1, 0.15) is 11.4 Å². The van der Waals surface area contributed by atoms with Gasteiger partial charge in [-0.15, -0.1) is 23.5 Å². The lowest BCUT2D eigenvalue weighted by molar-refractivity contribution is -0.123. The molecular formula is C23H35N3O4S2. The van der Waals surface area contributed by atoms with E-state index in [0.29, 0.717) is 30.0 Å². The number of piperazine rings is 1. The summed E-state index contributed by atoms with van der Waals surface area (Å²) in [5, 5.41) is 2.91. The van der Waals surface area contributed by atoms with Crippen LogP contribution in [0.4, 0.5) is 4.79 Å². The number of hydrogen-bond acceptors (Lipinski definition) is 7. The van der Waals surface area contributed by atoms with E-state index in [4.69, 9.17) is 9.47 Å². The van der Waals surface area contributed by atoms with Crippen LogP contribution in [0.3, 0.4) is 0 Å². The van der Waals surface area contributed by atoms with Crippen LogP contribution in [0.25, 0.3) is 0 Å². The van der Waals surface area contributed by atoms with Gasteiger partial charge in [-0.3, -0.25) is 9.69 Å². The number of ether oxygens (including phenoxy) is 2. The molecule has 0 aromatic heterocycles. The summed E-state index contributed by atoms with van der Waals surface area (Å²) < 4.78 is 11.6. The minimum atomic E-state index is -0.476. The first-order chi connectivity index (χ1) is 15.3. The summed E-state index contributed by atoms with van der Waals surface area (Å²) in [5.74, 6) is 3.03. The molecule has 0 radical (unpaired) electrons. The Morgan fingerprint density at radius 1 is 1.06 bits per heavy atom. The van der Waals surface area contributed by atoms with Gasteiger partial charge in [0.25, 0.3) is 5.91 Å². The Balaban J connectivity index is 1.28. The van der Waals surface area contributed by atoms with Crippen molar-refractivity contribution < 1.29 is 19.1 Å². The number of carbonyl (C=O) groups is 2. The summed E-state index contributed by atoms with van der Waals surface area (Å²) in [6, 6.07) is 8.09. The fourth-order valence-electron chi connectivity index (χ4n) is 3.44. The van der Waals surface area contributed by atoms with Gasteiger partial charge in [-0.25, -0.2) is 4.79 Å². The highest BCUT2D eigenvalue weighted by Crippen LogP contribution is 2.43. The van der Waals surface area contributed by atoms with Gasteiger partial charge >= 0.3 is 6.09 Å². The summed E-state index contributed by atoms with van der Waals surface area (Å²) in [6.07, 6.45) is 1.02. The van der Waals surface area contributed by atoms with E-state index in [1.54, 1.807) is 4.90 Å². The van der Waals surface area contributed by atoms with E-state index in [0.717, 1.165) is 19.6 Å². The van der Waals surface area contributed by atoms with Crippen LogP contribution in [0.5, 0.6) is 5.75 Å². The van der Waals surface area contributed by atoms with Crippen molar-refractivity contribution in [3.8, 4) is 5.75 Å². The molecule has 0 spiro atoms. The third-order valence-corrected chi connectivity index (χ3v) is 8.14. The number of benzene rings is 1. The quantitative estimate of drug-likeness (QED) is 0.638. The molecule has 3 rings (SSSR count). The molecule has 178 valence electrons. The van der Waals surface area contributed by atoms with E-state index in [1.165, 1.54) is 23.5 Å². The van der Waals surface area contributed by atoms with Gasteiger partial charge in [0, 0.05) is 39.3 Å². The second-order valence-corrected chi connectivity index (χ2v) is 11.7. The zero-order chi connectivity index (χ0) is 23.0. The summed E-state index contributed by atoms with van der Waals surface area (Å²) in [7, 11) is 0. The smallest absolute Gasteiger partial charge is 0.410 e. The monoisotopic (exact) mass is 481 g/mol. The number of rotatable bonds is 7. The Morgan fingerprint density at radius 2 is 1.72 bits per heavy atom. The van der Waals surface area contributed by atoms with Gasteiger partial charge in [0.05, 0.1) is 4.58 Å². The van der Waals surface area contributed by atoms with Gasteiger partial charge in [0.15, 0.2) is 6.61 Å². The van der Waals surface area contributed by atoms with Gasteiger partial charge < -0.3 is 19.7 Å². The van der Waals surface area contributed by atoms with Crippen molar-refractivity contribution in [1.82, 2.24) is 15.1 Å². The van der Waals surface area contributed by atoms with Crippen molar-refractivity contribution in [2.75, 3.05) is 57.4 Å². The minimum absolute atomic E-state index is 0.0126. The topological polar surface area (TPSA) is 71.1 Å². The second-order valence-electron chi connectivity index (χ2n) is 8.94. The lowest BCUT2D eigenvalue weighted by Crippen LogP contribution is -2.51. The van der Waals surface area contributed by atoms with E-state index in [2.05, 4.69) is 22.3 Å². The molecular weight excluding hydrogens is 446 g/mol. The van der Waals surface area contributed by atoms with Crippen molar-refractivity contribution in [3.63, 3.8) is 0 Å². The van der Waals surface area contributed by atoms with Crippen LogP contribution in [0.15, 0.2) is 24.3 Å². The van der Waals surface area contributed by atoms with Crippen LogP contribution in [0.2, 0.25) is 0 Å². The lowest BCUT2D eigenvalue weighted by atomic mass is 10.2. The third-order valence-electron chi connectivity index (χ3n) is 5.12. The number of carbonyl (C=O) groups excluding carboxylic acids is 2. The highest BCUT2D eigenvalue weighted by Gasteiger charge is 2.25. The molecule has 2 aliphatic heterocycles. The Hall–Kier alpha value is -1.58. The van der Waals surface area contributed by atoms with Crippen LogP contribution in [0.1, 0.15) is 37.3 Å². The second kappa shape index (κ2) is 12.0. The Kier molecular flexibility index (Phi) is 9.43. The number of nitrogens with one attached hydrogen (secondary N) is 1. The largest absolute Gasteiger partial charge is 0.484 e. The predicted molar refractivity (Wildman–Crippen MR) is 131 cm³/mol. The molecule has 2 amide bonds. The van der Waals surface area contributed by atoms with Crippen LogP contribution in [-0.4, -0.2) is 84.8 Å². The fraction of sp³-hybridized carbons (Fsp3) is 0.652. The molecule has 2 heterocycles. The number of amides is 2. The summed E-state index contributed by atoms with van der Waals surface area (Å²) >= 11 is 3.99. The minimum Gasteiger partial charge on any atom is -0.484 e. The molecule has 0 bridgehead atoms. The lowest BCUT2D eigenvalue weighted by Gasteiger charge is -2.35. The van der Waals surface area contributed by atoms with Gasteiger partial charge in [-0.1, -0.05) is 12.1 Å². The molecule has 1 N–H and O–H groups in total. The van der Waals surface area contributed by atoms with Crippen molar-refractivity contribution in [2.24, 2.45) is 0 Å². The zero-order valence-corrected chi connectivity index (χ0v) is 20.9. The van der Waals surface area contributed by atoms with Crippen molar-refractivity contribution in [1.29, 1.82) is 0 Å². The molecule has 2 saturated heterocycles. The maximum atomic E-state index is 12.1.